The molecule has 0 aromatic heterocycles. The van der Waals surface area contributed by atoms with Crippen LogP contribution in [0.3, 0.4) is 0 Å². The Morgan fingerprint density at radius 2 is 2.11 bits per heavy atom. The second-order valence-electron chi connectivity index (χ2n) is 6.59. The maximum Gasteiger partial charge on any atom is 0.410 e. The summed E-state index contributed by atoms with van der Waals surface area (Å²) in [5.74, 6) is 0. The lowest BCUT2D eigenvalue weighted by Crippen LogP contribution is -2.39. The Kier molecular flexibility index (Phi) is 5.21. The smallest absolute Gasteiger partial charge is 0.410 e. The van der Waals surface area contributed by atoms with Crippen molar-refractivity contribution >= 4 is 6.09 Å². The van der Waals surface area contributed by atoms with Crippen molar-refractivity contribution in [1.82, 2.24) is 4.90 Å². The molecule has 0 saturated carbocycles. The van der Waals surface area contributed by atoms with E-state index < -0.39 is 5.60 Å². The van der Waals surface area contributed by atoms with E-state index in [1.54, 1.807) is 11.8 Å². The van der Waals surface area contributed by atoms with Crippen molar-refractivity contribution in [2.45, 2.75) is 64.8 Å². The molecule has 1 aliphatic rings. The van der Waals surface area contributed by atoms with E-state index in [1.165, 1.54) is 0 Å². The topological polar surface area (TPSA) is 59.0 Å². The summed E-state index contributed by atoms with van der Waals surface area (Å²) >= 11 is 0. The molecule has 0 spiro atoms. The highest BCUT2D eigenvalue weighted by Gasteiger charge is 2.38. The Hall–Kier alpha value is -0.810. The molecule has 0 aromatic rings. The summed E-state index contributed by atoms with van der Waals surface area (Å²) in [4.78, 5) is 13.6. The summed E-state index contributed by atoms with van der Waals surface area (Å²) in [5.41, 5.74) is -0.797. The highest BCUT2D eigenvalue weighted by molar-refractivity contribution is 5.68. The van der Waals surface area contributed by atoms with Gasteiger partial charge >= 0.3 is 6.09 Å². The molecular formula is C14H27NO4. The molecule has 5 nitrogen and oxygen atoms in total. The van der Waals surface area contributed by atoms with E-state index in [4.69, 9.17) is 9.47 Å². The van der Waals surface area contributed by atoms with Gasteiger partial charge in [-0.1, -0.05) is 0 Å². The fourth-order valence-corrected chi connectivity index (χ4v) is 2.01. The zero-order chi connectivity index (χ0) is 14.7. The van der Waals surface area contributed by atoms with Crippen LogP contribution in [0.2, 0.25) is 0 Å². The second kappa shape index (κ2) is 6.09. The number of ether oxygens (including phenoxy) is 2. The number of carbonyl (C=O) groups is 1. The molecule has 5 heteroatoms. The predicted octanol–water partition coefficient (Wildman–Crippen LogP) is 2.17. The lowest BCUT2D eigenvalue weighted by Gasteiger charge is -2.27. The minimum absolute atomic E-state index is 0.282. The molecular weight excluding hydrogens is 246 g/mol. The number of hydrogen-bond acceptors (Lipinski definition) is 4. The van der Waals surface area contributed by atoms with Crippen LogP contribution in [0.1, 0.15) is 47.5 Å². The Morgan fingerprint density at radius 1 is 1.47 bits per heavy atom. The zero-order valence-corrected chi connectivity index (χ0v) is 12.7. The number of aliphatic hydroxyl groups is 1. The quantitative estimate of drug-likeness (QED) is 0.853. The van der Waals surface area contributed by atoms with Crippen LogP contribution in [0.5, 0.6) is 0 Å². The summed E-state index contributed by atoms with van der Waals surface area (Å²) in [7, 11) is 0. The Bertz CT molecular complexity index is 311. The van der Waals surface area contributed by atoms with Gasteiger partial charge in [-0.25, -0.2) is 4.79 Å². The number of rotatable bonds is 4. The molecule has 1 rings (SSSR count). The van der Waals surface area contributed by atoms with Gasteiger partial charge in [0.1, 0.15) is 5.60 Å². The number of carbonyl (C=O) groups excluding carboxylic acids is 1. The lowest BCUT2D eigenvalue weighted by atomic mass is 10.1. The highest BCUT2D eigenvalue weighted by Crippen LogP contribution is 2.26. The van der Waals surface area contributed by atoms with Crippen LogP contribution < -0.4 is 0 Å². The maximum atomic E-state index is 11.9. The van der Waals surface area contributed by atoms with Gasteiger partial charge in [0, 0.05) is 13.2 Å². The maximum absolute atomic E-state index is 11.9. The third-order valence-electron chi connectivity index (χ3n) is 3.07. The van der Waals surface area contributed by atoms with Crippen LogP contribution in [-0.4, -0.2) is 53.1 Å². The van der Waals surface area contributed by atoms with E-state index in [-0.39, 0.29) is 17.8 Å². The van der Waals surface area contributed by atoms with Gasteiger partial charge in [0.05, 0.1) is 18.2 Å². The normalized spacial score (nSPS) is 25.5. The van der Waals surface area contributed by atoms with Crippen LogP contribution >= 0.6 is 0 Å². The molecule has 0 radical (unpaired) electrons. The third kappa shape index (κ3) is 5.78. The molecule has 1 aliphatic heterocycles. The van der Waals surface area contributed by atoms with Gasteiger partial charge in [-0.15, -0.1) is 0 Å². The van der Waals surface area contributed by atoms with Crippen molar-refractivity contribution in [1.29, 1.82) is 0 Å². The fraction of sp³-hybridized carbons (Fsp3) is 0.929. The Balaban J connectivity index is 2.41. The minimum atomic E-state index is -0.469. The SMILES string of the molecule is CC(O)CCOC1(C)CCN(C(=O)OC(C)(C)C)C1. The molecule has 1 saturated heterocycles. The summed E-state index contributed by atoms with van der Waals surface area (Å²) in [6.07, 6.45) is 0.774. The van der Waals surface area contributed by atoms with Crippen LogP contribution in [0.4, 0.5) is 4.79 Å². The van der Waals surface area contributed by atoms with Crippen molar-refractivity contribution in [3.63, 3.8) is 0 Å². The molecule has 2 atom stereocenters. The highest BCUT2D eigenvalue weighted by atomic mass is 16.6. The Morgan fingerprint density at radius 3 is 2.63 bits per heavy atom. The first-order valence-electron chi connectivity index (χ1n) is 6.91. The summed E-state index contributed by atoms with van der Waals surface area (Å²) < 4.78 is 11.2. The van der Waals surface area contributed by atoms with E-state index in [9.17, 15) is 9.90 Å². The third-order valence-corrected chi connectivity index (χ3v) is 3.07. The van der Waals surface area contributed by atoms with E-state index in [0.29, 0.717) is 26.1 Å². The fourth-order valence-electron chi connectivity index (χ4n) is 2.01. The monoisotopic (exact) mass is 273 g/mol. The standard InChI is InChI=1S/C14H27NO4/c1-11(16)6-9-18-14(5)7-8-15(10-14)12(17)19-13(2,3)4/h11,16H,6-10H2,1-5H3. The first kappa shape index (κ1) is 16.2. The molecule has 1 fully saturated rings. The molecule has 19 heavy (non-hydrogen) atoms. The number of nitrogens with zero attached hydrogens (tertiary/aromatic N) is 1. The van der Waals surface area contributed by atoms with Crippen molar-refractivity contribution in [3.05, 3.63) is 0 Å². The number of amides is 1. The zero-order valence-electron chi connectivity index (χ0n) is 12.7. The van der Waals surface area contributed by atoms with Crippen molar-refractivity contribution in [2.75, 3.05) is 19.7 Å². The van der Waals surface area contributed by atoms with Gasteiger partial charge in [0.2, 0.25) is 0 Å². The summed E-state index contributed by atoms with van der Waals surface area (Å²) in [6, 6.07) is 0. The first-order valence-corrected chi connectivity index (χ1v) is 6.91. The molecule has 1 N–H and O–H groups in total. The van der Waals surface area contributed by atoms with Gasteiger partial charge in [0.15, 0.2) is 0 Å². The van der Waals surface area contributed by atoms with Gasteiger partial charge < -0.3 is 19.5 Å². The summed E-state index contributed by atoms with van der Waals surface area (Å²) in [5, 5.41) is 9.21. The van der Waals surface area contributed by atoms with E-state index >= 15 is 0 Å². The van der Waals surface area contributed by atoms with Crippen LogP contribution in [0.25, 0.3) is 0 Å². The van der Waals surface area contributed by atoms with Crippen LogP contribution in [-0.2, 0) is 9.47 Å². The van der Waals surface area contributed by atoms with Crippen molar-refractivity contribution in [3.8, 4) is 0 Å². The van der Waals surface area contributed by atoms with Gasteiger partial charge in [-0.3, -0.25) is 0 Å². The van der Waals surface area contributed by atoms with Crippen molar-refractivity contribution < 1.29 is 19.4 Å². The second-order valence-corrected chi connectivity index (χ2v) is 6.59. The van der Waals surface area contributed by atoms with Crippen LogP contribution in [0, 0.1) is 0 Å². The minimum Gasteiger partial charge on any atom is -0.444 e. The average Bonchev–Trinajstić information content (AvgIpc) is 2.58. The Labute approximate surface area is 115 Å². The van der Waals surface area contributed by atoms with E-state index in [0.717, 1.165) is 6.42 Å². The predicted molar refractivity (Wildman–Crippen MR) is 73.1 cm³/mol. The number of likely N-dealkylation sites (tertiary alicyclic amines) is 1. The van der Waals surface area contributed by atoms with Gasteiger partial charge in [-0.2, -0.15) is 0 Å². The summed E-state index contributed by atoms with van der Waals surface area (Å²) in [6.45, 7) is 11.0. The van der Waals surface area contributed by atoms with Gasteiger partial charge in [-0.05, 0) is 47.5 Å². The largest absolute Gasteiger partial charge is 0.444 e. The molecule has 112 valence electrons. The molecule has 0 aromatic carbocycles. The average molecular weight is 273 g/mol. The first-order chi connectivity index (χ1) is 8.61. The molecule has 2 unspecified atom stereocenters. The molecule has 0 aliphatic carbocycles. The molecule has 0 bridgehead atoms. The number of aliphatic hydroxyl groups excluding tert-OH is 1. The van der Waals surface area contributed by atoms with Crippen molar-refractivity contribution in [2.24, 2.45) is 0 Å². The number of hydrogen-bond donors (Lipinski definition) is 1. The van der Waals surface area contributed by atoms with E-state index in [2.05, 4.69) is 0 Å². The lowest BCUT2D eigenvalue weighted by molar-refractivity contribution is -0.0370. The van der Waals surface area contributed by atoms with E-state index in [1.807, 2.05) is 27.7 Å². The molecule has 1 heterocycles. The van der Waals surface area contributed by atoms with Gasteiger partial charge in [0.25, 0.3) is 0 Å². The van der Waals surface area contributed by atoms with Crippen LogP contribution in [0.15, 0.2) is 0 Å². The molecule has 1 amide bonds.